The van der Waals surface area contributed by atoms with Crippen molar-refractivity contribution in [1.29, 1.82) is 0 Å². The number of carbonyl (C=O) groups is 1. The number of nitrogens with two attached hydrogens (primary N) is 1. The molecule has 0 aliphatic heterocycles. The molecule has 0 saturated heterocycles. The lowest BCUT2D eigenvalue weighted by Gasteiger charge is -2.08. The monoisotopic (exact) mass is 339 g/mol. The first kappa shape index (κ1) is 16.0. The first-order valence-corrected chi connectivity index (χ1v) is 8.22. The maximum absolute atomic E-state index is 12.2. The molecule has 2 aromatic carbocycles. The molecule has 0 aliphatic rings. The van der Waals surface area contributed by atoms with E-state index in [0.717, 1.165) is 28.6 Å². The second-order valence-corrected chi connectivity index (χ2v) is 6.05. The van der Waals surface area contributed by atoms with Crippen LogP contribution >= 0.6 is 11.5 Å². The number of aromatic nitrogens is 1. The zero-order valence-corrected chi connectivity index (χ0v) is 14.0. The first-order valence-electron chi connectivity index (χ1n) is 7.45. The van der Waals surface area contributed by atoms with Crippen molar-refractivity contribution in [3.05, 3.63) is 71.4 Å². The van der Waals surface area contributed by atoms with Crippen molar-refractivity contribution in [2.45, 2.75) is 13.5 Å². The largest absolute Gasteiger partial charge is 0.457 e. The Balaban J connectivity index is 1.59. The van der Waals surface area contributed by atoms with Gasteiger partial charge < -0.3 is 15.8 Å². The summed E-state index contributed by atoms with van der Waals surface area (Å²) in [5, 5.41) is 3.30. The van der Waals surface area contributed by atoms with E-state index in [2.05, 4.69) is 9.69 Å². The van der Waals surface area contributed by atoms with Gasteiger partial charge in [-0.3, -0.25) is 4.79 Å². The van der Waals surface area contributed by atoms with Crippen LogP contribution in [0.4, 0.5) is 5.00 Å². The number of para-hydroxylation sites is 1. The van der Waals surface area contributed by atoms with Crippen molar-refractivity contribution in [1.82, 2.24) is 9.69 Å². The fourth-order valence-corrected chi connectivity index (χ4v) is 2.89. The van der Waals surface area contributed by atoms with Crippen LogP contribution in [0, 0.1) is 6.92 Å². The average Bonchev–Trinajstić information content (AvgIpc) is 2.94. The Kier molecular flexibility index (Phi) is 4.77. The summed E-state index contributed by atoms with van der Waals surface area (Å²) in [6.45, 7) is 2.19. The van der Waals surface area contributed by atoms with Crippen LogP contribution in [0.5, 0.6) is 11.5 Å². The van der Waals surface area contributed by atoms with E-state index < -0.39 is 0 Å². The van der Waals surface area contributed by atoms with E-state index in [-0.39, 0.29) is 5.91 Å². The summed E-state index contributed by atoms with van der Waals surface area (Å²) >= 11 is 1.13. The second-order valence-electron chi connectivity index (χ2n) is 5.25. The van der Waals surface area contributed by atoms with Gasteiger partial charge in [0.05, 0.1) is 11.3 Å². The van der Waals surface area contributed by atoms with Crippen molar-refractivity contribution in [2.24, 2.45) is 0 Å². The molecule has 6 heteroatoms. The quantitative estimate of drug-likeness (QED) is 0.742. The molecule has 0 atom stereocenters. The molecule has 1 heterocycles. The number of nitrogen functional groups attached to an aromatic ring is 1. The molecule has 0 radical (unpaired) electrons. The Labute approximate surface area is 144 Å². The Morgan fingerprint density at radius 2 is 1.79 bits per heavy atom. The lowest BCUT2D eigenvalue weighted by molar-refractivity contribution is 0.0951. The van der Waals surface area contributed by atoms with Crippen LogP contribution in [0.2, 0.25) is 0 Å². The van der Waals surface area contributed by atoms with E-state index in [9.17, 15) is 4.79 Å². The van der Waals surface area contributed by atoms with E-state index in [1.54, 1.807) is 6.92 Å². The van der Waals surface area contributed by atoms with Crippen molar-refractivity contribution in [3.63, 3.8) is 0 Å². The lowest BCUT2D eigenvalue weighted by Crippen LogP contribution is -2.23. The summed E-state index contributed by atoms with van der Waals surface area (Å²) in [4.78, 5) is 12.2. The van der Waals surface area contributed by atoms with Crippen LogP contribution in [0.1, 0.15) is 21.6 Å². The van der Waals surface area contributed by atoms with Crippen LogP contribution < -0.4 is 15.8 Å². The van der Waals surface area contributed by atoms with Gasteiger partial charge in [0.2, 0.25) is 0 Å². The van der Waals surface area contributed by atoms with E-state index >= 15 is 0 Å². The smallest absolute Gasteiger partial charge is 0.256 e. The third-order valence-electron chi connectivity index (χ3n) is 3.47. The number of nitrogens with one attached hydrogen (secondary N) is 1. The fraction of sp³-hybridized carbons (Fsp3) is 0.111. The number of anilines is 1. The van der Waals surface area contributed by atoms with Gasteiger partial charge in [-0.25, -0.2) is 0 Å². The molecule has 0 fully saturated rings. The van der Waals surface area contributed by atoms with E-state index in [4.69, 9.17) is 10.5 Å². The van der Waals surface area contributed by atoms with Gasteiger partial charge in [-0.05, 0) is 48.3 Å². The Bertz CT molecular complexity index is 810. The Morgan fingerprint density at radius 1 is 1.12 bits per heavy atom. The van der Waals surface area contributed by atoms with Gasteiger partial charge in [0.15, 0.2) is 0 Å². The van der Waals surface area contributed by atoms with Gasteiger partial charge in [-0.15, -0.1) is 0 Å². The number of hydrogen-bond donors (Lipinski definition) is 2. The molecular weight excluding hydrogens is 322 g/mol. The van der Waals surface area contributed by atoms with Gasteiger partial charge >= 0.3 is 0 Å². The molecule has 1 aromatic heterocycles. The lowest BCUT2D eigenvalue weighted by atomic mass is 10.2. The molecule has 0 spiro atoms. The number of rotatable bonds is 5. The number of nitrogens with zero attached hydrogens (tertiary/aromatic N) is 1. The maximum Gasteiger partial charge on any atom is 0.256 e. The summed E-state index contributed by atoms with van der Waals surface area (Å²) in [6, 6.07) is 17.2. The molecule has 24 heavy (non-hydrogen) atoms. The summed E-state index contributed by atoms with van der Waals surface area (Å²) in [5.74, 6) is 1.33. The number of ether oxygens (including phenoxy) is 1. The second kappa shape index (κ2) is 7.14. The van der Waals surface area contributed by atoms with Gasteiger partial charge in [0.25, 0.3) is 5.91 Å². The topological polar surface area (TPSA) is 77.2 Å². The van der Waals surface area contributed by atoms with Crippen molar-refractivity contribution in [3.8, 4) is 11.5 Å². The highest BCUT2D eigenvalue weighted by atomic mass is 32.1. The number of hydrogen-bond acceptors (Lipinski definition) is 5. The van der Waals surface area contributed by atoms with Crippen molar-refractivity contribution in [2.75, 3.05) is 5.73 Å². The van der Waals surface area contributed by atoms with Crippen LogP contribution in [0.15, 0.2) is 54.6 Å². The minimum absolute atomic E-state index is 0.205. The van der Waals surface area contributed by atoms with Crippen molar-refractivity contribution < 1.29 is 9.53 Å². The van der Waals surface area contributed by atoms with Crippen molar-refractivity contribution >= 4 is 22.4 Å². The average molecular weight is 339 g/mol. The summed E-state index contributed by atoms with van der Waals surface area (Å²) in [5.41, 5.74) is 7.87. The zero-order chi connectivity index (χ0) is 16.9. The molecule has 0 aliphatic carbocycles. The Morgan fingerprint density at radius 3 is 2.42 bits per heavy atom. The number of carbonyl (C=O) groups excluding carboxylic acids is 1. The summed E-state index contributed by atoms with van der Waals surface area (Å²) < 4.78 is 9.82. The predicted molar refractivity (Wildman–Crippen MR) is 95.4 cm³/mol. The number of benzene rings is 2. The first-order chi connectivity index (χ1) is 11.6. The molecule has 3 N–H and O–H groups in total. The molecular formula is C18H17N3O2S. The highest BCUT2D eigenvalue weighted by Gasteiger charge is 2.15. The highest BCUT2D eigenvalue weighted by molar-refractivity contribution is 7.10. The molecule has 5 nitrogen and oxygen atoms in total. The molecule has 122 valence electrons. The SMILES string of the molecule is Cc1nsc(N)c1C(=O)NCc1ccc(Oc2ccccc2)cc1. The zero-order valence-electron chi connectivity index (χ0n) is 13.2. The van der Waals surface area contributed by atoms with Crippen LogP contribution in [0.3, 0.4) is 0 Å². The minimum atomic E-state index is -0.205. The van der Waals surface area contributed by atoms with Crippen LogP contribution in [-0.2, 0) is 6.54 Å². The van der Waals surface area contributed by atoms with E-state index in [1.807, 2.05) is 54.6 Å². The van der Waals surface area contributed by atoms with Gasteiger partial charge in [-0.2, -0.15) is 4.37 Å². The molecule has 1 amide bonds. The standard InChI is InChI=1S/C18H17N3O2S/c1-12-16(17(19)24-21-12)18(22)20-11-13-7-9-15(10-8-13)23-14-5-3-2-4-6-14/h2-10H,11,19H2,1H3,(H,20,22). The van der Waals surface area contributed by atoms with Gasteiger partial charge in [0.1, 0.15) is 16.5 Å². The minimum Gasteiger partial charge on any atom is -0.457 e. The predicted octanol–water partition coefficient (Wildman–Crippen LogP) is 3.76. The van der Waals surface area contributed by atoms with E-state index in [0.29, 0.717) is 22.8 Å². The van der Waals surface area contributed by atoms with Gasteiger partial charge in [-0.1, -0.05) is 30.3 Å². The van der Waals surface area contributed by atoms with Crippen LogP contribution in [0.25, 0.3) is 0 Å². The highest BCUT2D eigenvalue weighted by Crippen LogP contribution is 2.22. The van der Waals surface area contributed by atoms with E-state index in [1.165, 1.54) is 0 Å². The fourth-order valence-electron chi connectivity index (χ4n) is 2.23. The normalized spacial score (nSPS) is 10.4. The third kappa shape index (κ3) is 3.72. The number of amides is 1. The third-order valence-corrected chi connectivity index (χ3v) is 4.24. The summed E-state index contributed by atoms with van der Waals surface area (Å²) in [7, 11) is 0. The number of aryl methyl sites for hydroxylation is 1. The summed E-state index contributed by atoms with van der Waals surface area (Å²) in [6.07, 6.45) is 0. The molecule has 0 bridgehead atoms. The molecule has 0 saturated carbocycles. The molecule has 3 aromatic rings. The maximum atomic E-state index is 12.2. The molecule has 0 unspecified atom stereocenters. The molecule has 3 rings (SSSR count). The Hall–Kier alpha value is -2.86. The van der Waals surface area contributed by atoms with Gasteiger partial charge in [0, 0.05) is 6.54 Å². The van der Waals surface area contributed by atoms with Crippen LogP contribution in [-0.4, -0.2) is 10.3 Å².